The second-order valence-corrected chi connectivity index (χ2v) is 7.13. The number of nitrogens with zero attached hydrogens (tertiary/aromatic N) is 2. The molecule has 2 heterocycles. The molecule has 0 spiro atoms. The number of anilines is 2. The molecule has 0 saturated carbocycles. The molecule has 2 N–H and O–H groups in total. The molecule has 2 aliphatic heterocycles. The Hall–Kier alpha value is -3.06. The Morgan fingerprint density at radius 3 is 2.75 bits per heavy atom. The maximum atomic E-state index is 12.7. The van der Waals surface area contributed by atoms with Crippen LogP contribution in [0.15, 0.2) is 48.5 Å². The largest absolute Gasteiger partial charge is 0.444 e. The van der Waals surface area contributed by atoms with Gasteiger partial charge in [0.15, 0.2) is 0 Å². The van der Waals surface area contributed by atoms with Gasteiger partial charge in [-0.1, -0.05) is 30.3 Å². The highest BCUT2D eigenvalue weighted by Crippen LogP contribution is 2.36. The Balaban J connectivity index is 1.49. The minimum atomic E-state index is -0.388. The fraction of sp³-hybridized carbons (Fsp3) is 0.333. The summed E-state index contributed by atoms with van der Waals surface area (Å²) in [5.74, 6) is 0. The van der Waals surface area contributed by atoms with Crippen molar-refractivity contribution in [2.75, 3.05) is 22.9 Å². The van der Waals surface area contributed by atoms with Crippen LogP contribution < -0.4 is 15.5 Å². The minimum absolute atomic E-state index is 0.0177. The molecule has 4 rings (SSSR count). The van der Waals surface area contributed by atoms with E-state index in [1.165, 1.54) is 0 Å². The molecular formula is C21H23N3O4. The SMILES string of the molecule is C[C@@H]1Cc2cc(N3C[C@H](CN)OC3=O)ccc2N1C(=O)OCc1ccccc1. The zero-order chi connectivity index (χ0) is 19.7. The van der Waals surface area contributed by atoms with E-state index in [4.69, 9.17) is 15.2 Å². The number of carbonyl (C=O) groups excluding carboxylic acids is 2. The molecule has 1 fully saturated rings. The quantitative estimate of drug-likeness (QED) is 0.880. The summed E-state index contributed by atoms with van der Waals surface area (Å²) in [4.78, 5) is 28.0. The number of carbonyl (C=O) groups is 2. The highest BCUT2D eigenvalue weighted by Gasteiger charge is 2.35. The normalized spacial score (nSPS) is 20.9. The van der Waals surface area contributed by atoms with Crippen LogP contribution in [-0.2, 0) is 22.5 Å². The number of nitrogens with two attached hydrogens (primary N) is 1. The molecule has 0 bridgehead atoms. The van der Waals surface area contributed by atoms with Gasteiger partial charge in [-0.3, -0.25) is 9.80 Å². The number of fused-ring (bicyclic) bond motifs is 1. The van der Waals surface area contributed by atoms with Crippen molar-refractivity contribution < 1.29 is 19.1 Å². The van der Waals surface area contributed by atoms with Crippen molar-refractivity contribution in [3.8, 4) is 0 Å². The van der Waals surface area contributed by atoms with Gasteiger partial charge >= 0.3 is 12.2 Å². The molecule has 7 heteroatoms. The first-order valence-electron chi connectivity index (χ1n) is 9.38. The lowest BCUT2D eigenvalue weighted by Crippen LogP contribution is -2.36. The molecule has 2 aromatic carbocycles. The van der Waals surface area contributed by atoms with Gasteiger partial charge < -0.3 is 15.2 Å². The topological polar surface area (TPSA) is 85.1 Å². The van der Waals surface area contributed by atoms with E-state index in [0.29, 0.717) is 19.5 Å². The Kier molecular flexibility index (Phi) is 4.92. The van der Waals surface area contributed by atoms with E-state index in [1.54, 1.807) is 9.80 Å². The van der Waals surface area contributed by atoms with E-state index in [2.05, 4.69) is 0 Å². The van der Waals surface area contributed by atoms with Crippen LogP contribution >= 0.6 is 0 Å². The number of hydrogen-bond acceptors (Lipinski definition) is 5. The van der Waals surface area contributed by atoms with E-state index in [1.807, 2.05) is 55.5 Å². The van der Waals surface area contributed by atoms with E-state index in [-0.39, 0.29) is 30.9 Å². The lowest BCUT2D eigenvalue weighted by atomic mass is 10.1. The minimum Gasteiger partial charge on any atom is -0.444 e. The smallest absolute Gasteiger partial charge is 0.414 e. The first kappa shape index (κ1) is 18.3. The van der Waals surface area contributed by atoms with Gasteiger partial charge in [-0.2, -0.15) is 0 Å². The highest BCUT2D eigenvalue weighted by molar-refractivity contribution is 5.94. The molecule has 1 saturated heterocycles. The Morgan fingerprint density at radius 1 is 1.25 bits per heavy atom. The second kappa shape index (κ2) is 7.52. The Morgan fingerprint density at radius 2 is 2.04 bits per heavy atom. The van der Waals surface area contributed by atoms with Crippen molar-refractivity contribution in [2.45, 2.75) is 32.1 Å². The molecule has 2 atom stereocenters. The molecule has 7 nitrogen and oxygen atoms in total. The average Bonchev–Trinajstić information content (AvgIpc) is 3.25. The Labute approximate surface area is 163 Å². The number of hydrogen-bond donors (Lipinski definition) is 1. The van der Waals surface area contributed by atoms with E-state index in [9.17, 15) is 9.59 Å². The monoisotopic (exact) mass is 381 g/mol. The Bertz CT molecular complexity index is 886. The third-order valence-electron chi connectivity index (χ3n) is 5.13. The standard InChI is InChI=1S/C21H23N3O4/c1-14-9-16-10-17(23-12-18(11-22)28-20(23)25)7-8-19(16)24(14)21(26)27-13-15-5-3-2-4-6-15/h2-8,10,14,18H,9,11-13,22H2,1H3/t14-,18+/m1/s1. The fourth-order valence-corrected chi connectivity index (χ4v) is 3.71. The molecule has 0 unspecified atom stereocenters. The van der Waals surface area contributed by atoms with E-state index >= 15 is 0 Å². The predicted molar refractivity (Wildman–Crippen MR) is 105 cm³/mol. The molecule has 0 aromatic heterocycles. The number of ether oxygens (including phenoxy) is 2. The molecule has 0 radical (unpaired) electrons. The lowest BCUT2D eigenvalue weighted by Gasteiger charge is -2.22. The predicted octanol–water partition coefficient (Wildman–Crippen LogP) is 3.06. The van der Waals surface area contributed by atoms with Crippen molar-refractivity contribution in [2.24, 2.45) is 5.73 Å². The number of cyclic esters (lactones) is 1. The maximum absolute atomic E-state index is 12.7. The van der Waals surface area contributed by atoms with Crippen LogP contribution in [0.3, 0.4) is 0 Å². The van der Waals surface area contributed by atoms with Crippen LogP contribution in [0.5, 0.6) is 0 Å². The molecule has 0 aliphatic carbocycles. The molecular weight excluding hydrogens is 358 g/mol. The van der Waals surface area contributed by atoms with Gasteiger partial charge in [-0.15, -0.1) is 0 Å². The summed E-state index contributed by atoms with van der Waals surface area (Å²) in [6.07, 6.45) is -0.344. The zero-order valence-electron chi connectivity index (χ0n) is 15.7. The molecule has 2 aromatic rings. The van der Waals surface area contributed by atoms with Gasteiger partial charge in [0.1, 0.15) is 12.7 Å². The van der Waals surface area contributed by atoms with Crippen molar-refractivity contribution in [3.63, 3.8) is 0 Å². The van der Waals surface area contributed by atoms with Crippen LogP contribution in [0.25, 0.3) is 0 Å². The summed E-state index contributed by atoms with van der Waals surface area (Å²) in [6, 6.07) is 15.2. The van der Waals surface area contributed by atoms with Crippen LogP contribution in [0.4, 0.5) is 21.0 Å². The third-order valence-corrected chi connectivity index (χ3v) is 5.13. The summed E-state index contributed by atoms with van der Waals surface area (Å²) >= 11 is 0. The molecule has 2 amide bonds. The first-order chi connectivity index (χ1) is 13.6. The van der Waals surface area contributed by atoms with Crippen LogP contribution in [0.2, 0.25) is 0 Å². The van der Waals surface area contributed by atoms with Crippen molar-refractivity contribution >= 4 is 23.6 Å². The lowest BCUT2D eigenvalue weighted by molar-refractivity contribution is 0.144. The van der Waals surface area contributed by atoms with Crippen molar-refractivity contribution in [1.82, 2.24) is 0 Å². The number of benzene rings is 2. The van der Waals surface area contributed by atoms with Crippen LogP contribution in [0, 0.1) is 0 Å². The third kappa shape index (κ3) is 3.41. The van der Waals surface area contributed by atoms with Crippen molar-refractivity contribution in [3.05, 3.63) is 59.7 Å². The van der Waals surface area contributed by atoms with Crippen molar-refractivity contribution in [1.29, 1.82) is 0 Å². The summed E-state index contributed by atoms with van der Waals surface area (Å²) in [5, 5.41) is 0. The van der Waals surface area contributed by atoms with Gasteiger partial charge in [0.25, 0.3) is 0 Å². The first-order valence-corrected chi connectivity index (χ1v) is 9.38. The molecule has 28 heavy (non-hydrogen) atoms. The van der Waals surface area contributed by atoms with Crippen LogP contribution in [0.1, 0.15) is 18.1 Å². The van der Waals surface area contributed by atoms with E-state index < -0.39 is 0 Å². The summed E-state index contributed by atoms with van der Waals surface area (Å²) in [7, 11) is 0. The van der Waals surface area contributed by atoms with Gasteiger partial charge in [0.2, 0.25) is 0 Å². The number of amides is 2. The average molecular weight is 381 g/mol. The fourth-order valence-electron chi connectivity index (χ4n) is 3.71. The van der Waals surface area contributed by atoms with Gasteiger partial charge in [-0.25, -0.2) is 9.59 Å². The summed E-state index contributed by atoms with van der Waals surface area (Å²) < 4.78 is 10.7. The van der Waals surface area contributed by atoms with Crippen LogP contribution in [-0.4, -0.2) is 37.4 Å². The highest BCUT2D eigenvalue weighted by atomic mass is 16.6. The molecule has 146 valence electrons. The summed E-state index contributed by atoms with van der Waals surface area (Å²) in [6.45, 7) is 2.95. The maximum Gasteiger partial charge on any atom is 0.414 e. The molecule has 2 aliphatic rings. The van der Waals surface area contributed by atoms with Gasteiger partial charge in [0, 0.05) is 18.3 Å². The van der Waals surface area contributed by atoms with E-state index in [0.717, 1.165) is 22.5 Å². The number of rotatable bonds is 4. The van der Waals surface area contributed by atoms with Gasteiger partial charge in [0.05, 0.1) is 12.2 Å². The second-order valence-electron chi connectivity index (χ2n) is 7.13. The zero-order valence-corrected chi connectivity index (χ0v) is 15.7. The summed E-state index contributed by atoms with van der Waals surface area (Å²) in [5.41, 5.74) is 9.13. The van der Waals surface area contributed by atoms with Gasteiger partial charge in [-0.05, 0) is 42.7 Å².